The normalized spacial score (nSPS) is 22.5. The number of nitrogens with two attached hydrogens (primary N) is 1. The van der Waals surface area contributed by atoms with Crippen LogP contribution in [-0.2, 0) is 26.4 Å². The summed E-state index contributed by atoms with van der Waals surface area (Å²) in [5.41, 5.74) is 5.41. The Labute approximate surface area is 126 Å². The number of hydrogen-bond donors (Lipinski definition) is 1. The van der Waals surface area contributed by atoms with Gasteiger partial charge in [0.15, 0.2) is 14.5 Å². The highest BCUT2D eigenvalue weighted by atomic mass is 79.9. The molecular weight excluding hydrogens is 372 g/mol. The molecule has 0 spiro atoms. The van der Waals surface area contributed by atoms with Crippen molar-refractivity contribution in [3.8, 4) is 0 Å². The molecule has 20 heavy (non-hydrogen) atoms. The van der Waals surface area contributed by atoms with E-state index in [0.29, 0.717) is 12.2 Å². The summed E-state index contributed by atoms with van der Waals surface area (Å²) in [5, 5.41) is 0. The summed E-state index contributed by atoms with van der Waals surface area (Å²) in [6.07, 6.45) is 0.303. The summed E-state index contributed by atoms with van der Waals surface area (Å²) in [4.78, 5) is -0.0373. The summed E-state index contributed by atoms with van der Waals surface area (Å²) in [6.45, 7) is 0.0790. The first kappa shape index (κ1) is 16.0. The lowest BCUT2D eigenvalue weighted by Gasteiger charge is -2.22. The molecule has 2 heterocycles. The van der Waals surface area contributed by atoms with Crippen LogP contribution in [0.5, 0.6) is 0 Å². The predicted octanol–water partition coefficient (Wildman–Crippen LogP) is 0.308. The third-order valence-electron chi connectivity index (χ3n) is 3.29. The lowest BCUT2D eigenvalue weighted by atomic mass is 10.3. The molecule has 1 saturated heterocycles. The predicted molar refractivity (Wildman–Crippen MR) is 76.3 cm³/mol. The molecule has 1 unspecified atom stereocenters. The van der Waals surface area contributed by atoms with Gasteiger partial charge in [0.1, 0.15) is 10.7 Å². The summed E-state index contributed by atoms with van der Waals surface area (Å²) < 4.78 is 54.2. The second-order valence-corrected chi connectivity index (χ2v) is 9.55. The van der Waals surface area contributed by atoms with Crippen LogP contribution in [0.3, 0.4) is 0 Å². The quantitative estimate of drug-likeness (QED) is 0.796. The fraction of sp³-hybridized carbons (Fsp3) is 0.600. The van der Waals surface area contributed by atoms with Gasteiger partial charge >= 0.3 is 0 Å². The van der Waals surface area contributed by atoms with Gasteiger partial charge < -0.3 is 10.2 Å². The molecule has 7 nitrogen and oxygen atoms in total. The maximum atomic E-state index is 12.5. The van der Waals surface area contributed by atoms with Crippen molar-refractivity contribution in [2.45, 2.75) is 23.9 Å². The number of nitrogens with zero attached hydrogens (tertiary/aromatic N) is 1. The molecule has 114 valence electrons. The van der Waals surface area contributed by atoms with E-state index in [1.165, 1.54) is 13.1 Å². The number of rotatable bonds is 4. The molecule has 0 radical (unpaired) electrons. The molecule has 0 bridgehead atoms. The Kier molecular flexibility index (Phi) is 4.32. The Morgan fingerprint density at radius 3 is 2.65 bits per heavy atom. The standard InChI is InChI=1S/C10H15BrN2O5S2/c1-13(7-2-3-19(14,15)6-7)20(16,17)9-4-8(5-12)18-10(9)11/h4,7H,2-3,5-6,12H2,1H3. The Morgan fingerprint density at radius 2 is 2.20 bits per heavy atom. The third-order valence-corrected chi connectivity index (χ3v) is 7.80. The first-order valence-corrected chi connectivity index (χ1v) is 9.89. The van der Waals surface area contributed by atoms with Crippen LogP contribution < -0.4 is 5.73 Å². The zero-order valence-electron chi connectivity index (χ0n) is 10.7. The van der Waals surface area contributed by atoms with Crippen LogP contribution in [0.2, 0.25) is 0 Å². The van der Waals surface area contributed by atoms with Crippen molar-refractivity contribution in [3.05, 3.63) is 16.5 Å². The van der Waals surface area contributed by atoms with Gasteiger partial charge in [-0.05, 0) is 22.4 Å². The van der Waals surface area contributed by atoms with E-state index in [4.69, 9.17) is 10.2 Å². The van der Waals surface area contributed by atoms with Crippen LogP contribution in [0.1, 0.15) is 12.2 Å². The van der Waals surface area contributed by atoms with Crippen molar-refractivity contribution in [3.63, 3.8) is 0 Å². The minimum absolute atomic E-state index is 0.0120. The molecule has 1 atom stereocenters. The van der Waals surface area contributed by atoms with Crippen LogP contribution in [0.25, 0.3) is 0 Å². The minimum atomic E-state index is -3.82. The number of sulfone groups is 1. The first-order chi connectivity index (χ1) is 9.17. The third kappa shape index (κ3) is 2.93. The van der Waals surface area contributed by atoms with Gasteiger partial charge in [-0.25, -0.2) is 16.8 Å². The van der Waals surface area contributed by atoms with E-state index in [-0.39, 0.29) is 27.6 Å². The molecule has 1 aromatic rings. The maximum Gasteiger partial charge on any atom is 0.247 e. The number of hydrogen-bond acceptors (Lipinski definition) is 6. The number of sulfonamides is 1. The van der Waals surface area contributed by atoms with Crippen molar-refractivity contribution in [2.24, 2.45) is 5.73 Å². The molecule has 0 aliphatic carbocycles. The zero-order valence-corrected chi connectivity index (χ0v) is 14.0. The van der Waals surface area contributed by atoms with Crippen molar-refractivity contribution < 1.29 is 21.3 Å². The monoisotopic (exact) mass is 386 g/mol. The largest absolute Gasteiger partial charge is 0.452 e. The fourth-order valence-electron chi connectivity index (χ4n) is 2.09. The Balaban J connectivity index is 2.32. The molecule has 1 aliphatic rings. The van der Waals surface area contributed by atoms with Gasteiger partial charge in [-0.3, -0.25) is 0 Å². The lowest BCUT2D eigenvalue weighted by molar-refractivity contribution is 0.392. The Bertz CT molecular complexity index is 710. The van der Waals surface area contributed by atoms with Gasteiger partial charge in [0, 0.05) is 19.2 Å². The molecule has 2 rings (SSSR count). The molecule has 0 saturated carbocycles. The van der Waals surface area contributed by atoms with E-state index >= 15 is 0 Å². The molecule has 2 N–H and O–H groups in total. The van der Waals surface area contributed by atoms with Crippen molar-refractivity contribution in [1.82, 2.24) is 4.31 Å². The van der Waals surface area contributed by atoms with Crippen LogP contribution >= 0.6 is 15.9 Å². The average molecular weight is 387 g/mol. The number of halogens is 1. The SMILES string of the molecule is CN(C1CCS(=O)(=O)C1)S(=O)(=O)c1cc(CN)oc1Br. The van der Waals surface area contributed by atoms with Crippen molar-refractivity contribution in [2.75, 3.05) is 18.6 Å². The van der Waals surface area contributed by atoms with Gasteiger partial charge in [0.05, 0.1) is 18.1 Å². The lowest BCUT2D eigenvalue weighted by Crippen LogP contribution is -2.37. The first-order valence-electron chi connectivity index (χ1n) is 5.84. The maximum absolute atomic E-state index is 12.5. The highest BCUT2D eigenvalue weighted by Crippen LogP contribution is 2.30. The van der Waals surface area contributed by atoms with E-state index < -0.39 is 25.9 Å². The van der Waals surface area contributed by atoms with E-state index in [9.17, 15) is 16.8 Å². The van der Waals surface area contributed by atoms with E-state index in [1.54, 1.807) is 0 Å². The molecule has 1 aliphatic heterocycles. The number of furan rings is 1. The van der Waals surface area contributed by atoms with Gasteiger partial charge in [-0.15, -0.1) is 0 Å². The molecule has 10 heteroatoms. The van der Waals surface area contributed by atoms with Gasteiger partial charge in [-0.2, -0.15) is 4.31 Å². The molecule has 0 amide bonds. The summed E-state index contributed by atoms with van der Waals surface area (Å²) in [6, 6.07) is 0.799. The van der Waals surface area contributed by atoms with Crippen LogP contribution in [0.15, 0.2) is 20.0 Å². The van der Waals surface area contributed by atoms with Crippen LogP contribution in [-0.4, -0.2) is 45.7 Å². The minimum Gasteiger partial charge on any atom is -0.452 e. The van der Waals surface area contributed by atoms with Crippen molar-refractivity contribution >= 4 is 35.8 Å². The topological polar surface area (TPSA) is 111 Å². The zero-order chi connectivity index (χ0) is 15.1. The Morgan fingerprint density at radius 1 is 1.55 bits per heavy atom. The van der Waals surface area contributed by atoms with Crippen molar-refractivity contribution in [1.29, 1.82) is 0 Å². The van der Waals surface area contributed by atoms with Gasteiger partial charge in [-0.1, -0.05) is 0 Å². The van der Waals surface area contributed by atoms with Crippen LogP contribution in [0, 0.1) is 0 Å². The van der Waals surface area contributed by atoms with Gasteiger partial charge in [0.25, 0.3) is 0 Å². The molecular formula is C10H15BrN2O5S2. The van der Waals surface area contributed by atoms with Crippen LogP contribution in [0.4, 0.5) is 0 Å². The van der Waals surface area contributed by atoms with E-state index in [2.05, 4.69) is 15.9 Å². The van der Waals surface area contributed by atoms with E-state index in [1.807, 2.05) is 0 Å². The smallest absolute Gasteiger partial charge is 0.247 e. The van der Waals surface area contributed by atoms with E-state index in [0.717, 1.165) is 4.31 Å². The highest BCUT2D eigenvalue weighted by molar-refractivity contribution is 9.10. The summed E-state index contributed by atoms with van der Waals surface area (Å²) in [5.74, 6) is 0.197. The van der Waals surface area contributed by atoms with Gasteiger partial charge in [0.2, 0.25) is 10.0 Å². The fourth-order valence-corrected chi connectivity index (χ4v) is 6.30. The summed E-state index contributed by atoms with van der Waals surface area (Å²) in [7, 11) is -5.60. The average Bonchev–Trinajstić information content (AvgIpc) is 2.91. The summed E-state index contributed by atoms with van der Waals surface area (Å²) >= 11 is 3.05. The second kappa shape index (κ2) is 5.41. The second-order valence-electron chi connectivity index (χ2n) is 4.63. The Hall–Kier alpha value is -0.420. The molecule has 1 fully saturated rings. The highest BCUT2D eigenvalue weighted by Gasteiger charge is 2.38. The molecule has 1 aromatic heterocycles. The molecule has 0 aromatic carbocycles.